The summed E-state index contributed by atoms with van der Waals surface area (Å²) in [5, 5.41) is 3.04. The Morgan fingerprint density at radius 3 is 2.76 bits per heavy atom. The number of nitrogens with one attached hydrogen (secondary N) is 1. The molecule has 0 spiro atoms. The van der Waals surface area contributed by atoms with Crippen LogP contribution in [0.3, 0.4) is 0 Å². The van der Waals surface area contributed by atoms with Crippen molar-refractivity contribution < 1.29 is 4.79 Å². The third-order valence-corrected chi connectivity index (χ3v) is 4.12. The van der Waals surface area contributed by atoms with Crippen LogP contribution in [-0.4, -0.2) is 5.91 Å². The van der Waals surface area contributed by atoms with Crippen molar-refractivity contribution in [2.45, 2.75) is 32.2 Å². The van der Waals surface area contributed by atoms with Gasteiger partial charge in [-0.3, -0.25) is 4.79 Å². The van der Waals surface area contributed by atoms with Gasteiger partial charge in [0.25, 0.3) is 5.91 Å². The summed E-state index contributed by atoms with van der Waals surface area (Å²) in [6.45, 7) is 1.97. The lowest BCUT2D eigenvalue weighted by atomic mass is 10.0. The summed E-state index contributed by atoms with van der Waals surface area (Å²) in [5.74, 6) is -0.0281. The van der Waals surface area contributed by atoms with Gasteiger partial charge in [0.1, 0.15) is 0 Å². The minimum Gasteiger partial charge on any atom is -0.399 e. The van der Waals surface area contributed by atoms with Crippen molar-refractivity contribution in [3.63, 3.8) is 0 Å². The van der Waals surface area contributed by atoms with E-state index < -0.39 is 0 Å². The first kappa shape index (κ1) is 13.7. The summed E-state index contributed by atoms with van der Waals surface area (Å²) >= 11 is 0. The summed E-state index contributed by atoms with van der Waals surface area (Å²) in [7, 11) is 0. The Morgan fingerprint density at radius 1 is 1.14 bits per heavy atom. The second-order valence-electron chi connectivity index (χ2n) is 5.70. The van der Waals surface area contributed by atoms with Crippen molar-refractivity contribution in [1.29, 1.82) is 0 Å². The van der Waals surface area contributed by atoms with E-state index in [1.807, 2.05) is 43.3 Å². The number of carbonyl (C=O) groups excluding carboxylic acids is 1. The van der Waals surface area contributed by atoms with Gasteiger partial charge in [-0.2, -0.15) is 0 Å². The number of hydrogen-bond donors (Lipinski definition) is 2. The van der Waals surface area contributed by atoms with Crippen LogP contribution in [0.4, 0.5) is 5.69 Å². The second-order valence-corrected chi connectivity index (χ2v) is 5.70. The molecule has 21 heavy (non-hydrogen) atoms. The van der Waals surface area contributed by atoms with Gasteiger partial charge in [0.2, 0.25) is 0 Å². The van der Waals surface area contributed by atoms with Crippen molar-refractivity contribution >= 4 is 11.6 Å². The Morgan fingerprint density at radius 2 is 1.95 bits per heavy atom. The van der Waals surface area contributed by atoms with Crippen LogP contribution >= 0.6 is 0 Å². The maximum absolute atomic E-state index is 12.4. The fourth-order valence-corrected chi connectivity index (χ4v) is 2.90. The molecule has 3 nitrogen and oxygen atoms in total. The predicted octanol–water partition coefficient (Wildman–Crippen LogP) is 3.25. The van der Waals surface area contributed by atoms with E-state index in [0.29, 0.717) is 5.69 Å². The van der Waals surface area contributed by atoms with Gasteiger partial charge in [-0.1, -0.05) is 18.2 Å². The van der Waals surface area contributed by atoms with Crippen molar-refractivity contribution in [3.8, 4) is 0 Å². The third-order valence-electron chi connectivity index (χ3n) is 4.12. The highest BCUT2D eigenvalue weighted by Crippen LogP contribution is 2.23. The Balaban J connectivity index is 1.74. The molecule has 0 saturated carbocycles. The average Bonchev–Trinajstić information content (AvgIpc) is 2.94. The highest BCUT2D eigenvalue weighted by Gasteiger charge is 2.15. The average molecular weight is 280 g/mol. The molecule has 0 bridgehead atoms. The molecule has 0 fully saturated rings. The van der Waals surface area contributed by atoms with Crippen molar-refractivity contribution in [2.75, 3.05) is 5.73 Å². The van der Waals surface area contributed by atoms with Crippen molar-refractivity contribution in [1.82, 2.24) is 5.32 Å². The topological polar surface area (TPSA) is 55.1 Å². The van der Waals surface area contributed by atoms with E-state index in [2.05, 4.69) is 11.4 Å². The minimum atomic E-state index is -0.0609. The molecule has 3 rings (SSSR count). The van der Waals surface area contributed by atoms with Crippen LogP contribution < -0.4 is 11.1 Å². The number of benzene rings is 2. The van der Waals surface area contributed by atoms with E-state index in [9.17, 15) is 4.79 Å². The molecule has 2 aromatic carbocycles. The molecule has 2 aromatic rings. The van der Waals surface area contributed by atoms with Gasteiger partial charge in [-0.05, 0) is 67.1 Å². The molecule has 1 atom stereocenters. The van der Waals surface area contributed by atoms with E-state index in [-0.39, 0.29) is 11.9 Å². The highest BCUT2D eigenvalue weighted by molar-refractivity contribution is 5.94. The lowest BCUT2D eigenvalue weighted by molar-refractivity contribution is 0.0940. The van der Waals surface area contributed by atoms with E-state index in [0.717, 1.165) is 24.0 Å². The first-order valence-corrected chi connectivity index (χ1v) is 7.41. The number of hydrogen-bond acceptors (Lipinski definition) is 2. The van der Waals surface area contributed by atoms with Gasteiger partial charge in [0.15, 0.2) is 0 Å². The van der Waals surface area contributed by atoms with Gasteiger partial charge in [-0.25, -0.2) is 0 Å². The van der Waals surface area contributed by atoms with E-state index >= 15 is 0 Å². The van der Waals surface area contributed by atoms with Crippen LogP contribution in [0.1, 0.15) is 46.4 Å². The number of rotatable bonds is 3. The molecule has 0 aliphatic heterocycles. The number of anilines is 1. The van der Waals surface area contributed by atoms with Crippen molar-refractivity contribution in [2.24, 2.45) is 0 Å². The smallest absolute Gasteiger partial charge is 0.251 e. The monoisotopic (exact) mass is 280 g/mol. The van der Waals surface area contributed by atoms with Gasteiger partial charge in [-0.15, -0.1) is 0 Å². The number of nitrogen functional groups attached to an aromatic ring is 1. The number of fused-ring (bicyclic) bond motifs is 1. The lowest BCUT2D eigenvalue weighted by Crippen LogP contribution is -2.26. The van der Waals surface area contributed by atoms with Crippen LogP contribution in [0.5, 0.6) is 0 Å². The maximum atomic E-state index is 12.4. The van der Waals surface area contributed by atoms with Gasteiger partial charge >= 0.3 is 0 Å². The normalized spacial score (nSPS) is 14.5. The first-order valence-electron chi connectivity index (χ1n) is 7.41. The zero-order valence-corrected chi connectivity index (χ0v) is 12.2. The fourth-order valence-electron chi connectivity index (χ4n) is 2.90. The van der Waals surface area contributed by atoms with E-state index in [1.165, 1.54) is 17.5 Å². The van der Waals surface area contributed by atoms with Gasteiger partial charge in [0, 0.05) is 11.3 Å². The fraction of sp³-hybridized carbons (Fsp3) is 0.278. The molecule has 0 saturated heterocycles. The van der Waals surface area contributed by atoms with Crippen LogP contribution in [0.15, 0.2) is 42.5 Å². The van der Waals surface area contributed by atoms with Crippen LogP contribution in [-0.2, 0) is 12.8 Å². The Labute approximate surface area is 125 Å². The quantitative estimate of drug-likeness (QED) is 0.848. The molecule has 1 amide bonds. The number of amides is 1. The Bertz CT molecular complexity index is 679. The number of aryl methyl sites for hydroxylation is 2. The predicted molar refractivity (Wildman–Crippen MR) is 85.2 cm³/mol. The zero-order valence-electron chi connectivity index (χ0n) is 12.2. The molecule has 3 N–H and O–H groups in total. The summed E-state index contributed by atoms with van der Waals surface area (Å²) in [5.41, 5.74) is 11.0. The molecule has 0 radical (unpaired) electrons. The first-order chi connectivity index (χ1) is 10.1. The molecule has 108 valence electrons. The molecule has 0 aromatic heterocycles. The molecule has 1 unspecified atom stereocenters. The SMILES string of the molecule is CC(NC(=O)c1ccc2c(c1)CCC2)c1cccc(N)c1. The second kappa shape index (κ2) is 5.60. The van der Waals surface area contributed by atoms with E-state index in [1.54, 1.807) is 0 Å². The van der Waals surface area contributed by atoms with Crippen LogP contribution in [0.25, 0.3) is 0 Å². The zero-order chi connectivity index (χ0) is 14.8. The van der Waals surface area contributed by atoms with Gasteiger partial charge in [0.05, 0.1) is 6.04 Å². The third kappa shape index (κ3) is 2.92. The molecule has 3 heteroatoms. The molecular weight excluding hydrogens is 260 g/mol. The minimum absolute atomic E-state index is 0.0281. The van der Waals surface area contributed by atoms with Crippen LogP contribution in [0, 0.1) is 0 Å². The maximum Gasteiger partial charge on any atom is 0.251 e. The highest BCUT2D eigenvalue weighted by atomic mass is 16.1. The van der Waals surface area contributed by atoms with Crippen molar-refractivity contribution in [3.05, 3.63) is 64.7 Å². The molecule has 0 heterocycles. The summed E-state index contributed by atoms with van der Waals surface area (Å²) in [6, 6.07) is 13.6. The summed E-state index contributed by atoms with van der Waals surface area (Å²) in [6.07, 6.45) is 3.41. The molecule has 1 aliphatic carbocycles. The standard InChI is InChI=1S/C18H20N2O/c1-12(14-5-3-7-17(19)11-14)20-18(21)16-9-8-13-4-2-6-15(13)10-16/h3,5,7-12H,2,4,6,19H2,1H3,(H,20,21). The van der Waals surface area contributed by atoms with Gasteiger partial charge < -0.3 is 11.1 Å². The Kier molecular flexibility index (Phi) is 3.65. The number of nitrogens with two attached hydrogens (primary N) is 1. The molecule has 1 aliphatic rings. The number of carbonyl (C=O) groups is 1. The Hall–Kier alpha value is -2.29. The largest absolute Gasteiger partial charge is 0.399 e. The van der Waals surface area contributed by atoms with E-state index in [4.69, 9.17) is 5.73 Å². The molecular formula is C18H20N2O. The lowest BCUT2D eigenvalue weighted by Gasteiger charge is -2.15. The van der Waals surface area contributed by atoms with Crippen LogP contribution in [0.2, 0.25) is 0 Å². The summed E-state index contributed by atoms with van der Waals surface area (Å²) in [4.78, 5) is 12.4. The summed E-state index contributed by atoms with van der Waals surface area (Å²) < 4.78 is 0.